The lowest BCUT2D eigenvalue weighted by molar-refractivity contribution is 0.0665. The van der Waals surface area contributed by atoms with Crippen molar-refractivity contribution in [1.29, 1.82) is 0 Å². The molecular weight excluding hydrogens is 269 g/mol. The third-order valence-electron chi connectivity index (χ3n) is 4.01. The van der Waals surface area contributed by atoms with Crippen molar-refractivity contribution in [3.8, 4) is 0 Å². The van der Waals surface area contributed by atoms with Gasteiger partial charge in [-0.2, -0.15) is 0 Å². The predicted molar refractivity (Wildman–Crippen MR) is 76.1 cm³/mol. The number of halogens is 2. The number of aliphatic hydroxyl groups is 1. The third-order valence-corrected chi connectivity index (χ3v) is 4.75. The Morgan fingerprint density at radius 1 is 1.22 bits per heavy atom. The summed E-state index contributed by atoms with van der Waals surface area (Å²) in [6.07, 6.45) is 4.40. The van der Waals surface area contributed by atoms with Crippen LogP contribution in [0.5, 0.6) is 0 Å². The Balaban J connectivity index is 2.12. The van der Waals surface area contributed by atoms with Crippen LogP contribution in [-0.2, 0) is 6.42 Å². The minimum Gasteiger partial charge on any atom is -0.393 e. The first-order valence-electron chi connectivity index (χ1n) is 6.37. The molecule has 4 heteroatoms. The summed E-state index contributed by atoms with van der Waals surface area (Å²) in [5, 5.41) is 10.8. The predicted octanol–water partition coefficient (Wildman–Crippen LogP) is 3.42. The van der Waals surface area contributed by atoms with Gasteiger partial charge in [0.1, 0.15) is 0 Å². The molecule has 0 heterocycles. The van der Waals surface area contributed by atoms with Crippen molar-refractivity contribution in [2.75, 3.05) is 6.54 Å². The van der Waals surface area contributed by atoms with Crippen molar-refractivity contribution in [3.63, 3.8) is 0 Å². The minimum atomic E-state index is -0.154. The smallest absolute Gasteiger partial charge is 0.0595 e. The average Bonchev–Trinajstić information content (AvgIpc) is 2.37. The quantitative estimate of drug-likeness (QED) is 0.895. The second kappa shape index (κ2) is 5.79. The van der Waals surface area contributed by atoms with Gasteiger partial charge in [-0.25, -0.2) is 0 Å². The fourth-order valence-corrected chi connectivity index (χ4v) is 3.07. The van der Waals surface area contributed by atoms with Gasteiger partial charge in [-0.3, -0.25) is 0 Å². The van der Waals surface area contributed by atoms with Gasteiger partial charge in [0.2, 0.25) is 0 Å². The number of rotatable bonds is 3. The molecular formula is C14H19Cl2NO. The molecule has 0 saturated heterocycles. The van der Waals surface area contributed by atoms with E-state index in [1.54, 1.807) is 0 Å². The molecule has 1 saturated carbocycles. The molecule has 0 radical (unpaired) electrons. The Kier molecular flexibility index (Phi) is 4.54. The standard InChI is InChI=1S/C14H19Cl2NO/c15-12-2-1-10(7-13(12)16)8-14(9-17)5-3-11(18)4-6-14/h1-2,7,11,18H,3-6,8-9,17H2. The second-order valence-electron chi connectivity index (χ2n) is 5.36. The zero-order valence-corrected chi connectivity index (χ0v) is 11.8. The fourth-order valence-electron chi connectivity index (χ4n) is 2.75. The minimum absolute atomic E-state index is 0.108. The van der Waals surface area contributed by atoms with Crippen molar-refractivity contribution in [2.45, 2.75) is 38.2 Å². The van der Waals surface area contributed by atoms with Crippen LogP contribution in [-0.4, -0.2) is 17.8 Å². The highest BCUT2D eigenvalue weighted by atomic mass is 35.5. The summed E-state index contributed by atoms with van der Waals surface area (Å²) in [4.78, 5) is 0. The number of aliphatic hydroxyl groups excluding tert-OH is 1. The summed E-state index contributed by atoms with van der Waals surface area (Å²) in [7, 11) is 0. The van der Waals surface area contributed by atoms with Gasteiger partial charge in [0, 0.05) is 0 Å². The summed E-state index contributed by atoms with van der Waals surface area (Å²) in [6, 6.07) is 5.77. The molecule has 0 aliphatic heterocycles. The van der Waals surface area contributed by atoms with Crippen LogP contribution in [0.4, 0.5) is 0 Å². The second-order valence-corrected chi connectivity index (χ2v) is 6.17. The van der Waals surface area contributed by atoms with Gasteiger partial charge >= 0.3 is 0 Å². The van der Waals surface area contributed by atoms with Crippen molar-refractivity contribution >= 4 is 23.2 Å². The monoisotopic (exact) mass is 287 g/mol. The summed E-state index contributed by atoms with van der Waals surface area (Å²) in [5.74, 6) is 0. The van der Waals surface area contributed by atoms with E-state index in [9.17, 15) is 5.11 Å². The van der Waals surface area contributed by atoms with E-state index in [1.807, 2.05) is 18.2 Å². The van der Waals surface area contributed by atoms with Crippen LogP contribution in [0.25, 0.3) is 0 Å². The van der Waals surface area contributed by atoms with Crippen molar-refractivity contribution in [3.05, 3.63) is 33.8 Å². The van der Waals surface area contributed by atoms with Gasteiger partial charge in [-0.05, 0) is 61.8 Å². The van der Waals surface area contributed by atoms with Crippen LogP contribution in [0.2, 0.25) is 10.0 Å². The Morgan fingerprint density at radius 2 is 1.89 bits per heavy atom. The zero-order chi connectivity index (χ0) is 13.2. The van der Waals surface area contributed by atoms with Gasteiger partial charge in [0.25, 0.3) is 0 Å². The highest BCUT2D eigenvalue weighted by molar-refractivity contribution is 6.42. The van der Waals surface area contributed by atoms with Crippen LogP contribution in [0.15, 0.2) is 18.2 Å². The lowest BCUT2D eigenvalue weighted by Gasteiger charge is -2.38. The lowest BCUT2D eigenvalue weighted by Crippen LogP contribution is -2.38. The highest BCUT2D eigenvalue weighted by Crippen LogP contribution is 2.39. The number of benzene rings is 1. The van der Waals surface area contributed by atoms with Crippen LogP contribution < -0.4 is 5.73 Å². The number of hydrogen-bond donors (Lipinski definition) is 2. The molecule has 0 amide bonds. The number of nitrogens with two attached hydrogens (primary N) is 1. The first-order chi connectivity index (χ1) is 8.54. The molecule has 18 heavy (non-hydrogen) atoms. The third kappa shape index (κ3) is 3.18. The lowest BCUT2D eigenvalue weighted by atomic mass is 9.69. The van der Waals surface area contributed by atoms with Crippen LogP contribution in [0, 0.1) is 5.41 Å². The van der Waals surface area contributed by atoms with Gasteiger partial charge in [-0.1, -0.05) is 29.3 Å². The van der Waals surface area contributed by atoms with Gasteiger partial charge in [-0.15, -0.1) is 0 Å². The Bertz CT molecular complexity index is 414. The largest absolute Gasteiger partial charge is 0.393 e. The zero-order valence-electron chi connectivity index (χ0n) is 10.3. The molecule has 1 fully saturated rings. The number of hydrogen-bond acceptors (Lipinski definition) is 2. The molecule has 1 aromatic carbocycles. The maximum absolute atomic E-state index is 9.60. The van der Waals surface area contributed by atoms with E-state index in [4.69, 9.17) is 28.9 Å². The summed E-state index contributed by atoms with van der Waals surface area (Å²) in [5.41, 5.74) is 7.24. The maximum atomic E-state index is 9.60. The molecule has 0 atom stereocenters. The molecule has 1 aromatic rings. The summed E-state index contributed by atoms with van der Waals surface area (Å²) < 4.78 is 0. The van der Waals surface area contributed by atoms with E-state index in [-0.39, 0.29) is 11.5 Å². The van der Waals surface area contributed by atoms with Crippen molar-refractivity contribution in [1.82, 2.24) is 0 Å². The molecule has 0 bridgehead atoms. The molecule has 3 N–H and O–H groups in total. The molecule has 1 aliphatic carbocycles. The van der Waals surface area contributed by atoms with Crippen LogP contribution in [0.3, 0.4) is 0 Å². The summed E-state index contributed by atoms with van der Waals surface area (Å²) >= 11 is 12.0. The van der Waals surface area contributed by atoms with E-state index < -0.39 is 0 Å². The van der Waals surface area contributed by atoms with Crippen molar-refractivity contribution in [2.24, 2.45) is 11.1 Å². The van der Waals surface area contributed by atoms with Crippen molar-refractivity contribution < 1.29 is 5.11 Å². The Hall–Kier alpha value is -0.280. The first-order valence-corrected chi connectivity index (χ1v) is 7.12. The molecule has 100 valence electrons. The Labute approximate surface area is 118 Å². The highest BCUT2D eigenvalue weighted by Gasteiger charge is 2.33. The molecule has 2 rings (SSSR count). The normalized spacial score (nSPS) is 28.3. The van der Waals surface area contributed by atoms with Gasteiger partial charge in [0.15, 0.2) is 0 Å². The fraction of sp³-hybridized carbons (Fsp3) is 0.571. The van der Waals surface area contributed by atoms with Crippen LogP contribution >= 0.6 is 23.2 Å². The maximum Gasteiger partial charge on any atom is 0.0595 e. The van der Waals surface area contributed by atoms with E-state index >= 15 is 0 Å². The first kappa shape index (κ1) is 14.1. The van der Waals surface area contributed by atoms with Crippen LogP contribution in [0.1, 0.15) is 31.2 Å². The Morgan fingerprint density at radius 3 is 2.44 bits per heavy atom. The van der Waals surface area contributed by atoms with E-state index in [0.717, 1.165) is 32.1 Å². The molecule has 0 aromatic heterocycles. The van der Waals surface area contributed by atoms with E-state index in [0.29, 0.717) is 16.6 Å². The SMILES string of the molecule is NCC1(Cc2ccc(Cl)c(Cl)c2)CCC(O)CC1. The van der Waals surface area contributed by atoms with E-state index in [1.165, 1.54) is 5.56 Å². The molecule has 1 aliphatic rings. The molecule has 0 unspecified atom stereocenters. The molecule has 2 nitrogen and oxygen atoms in total. The van der Waals surface area contributed by atoms with Gasteiger partial charge < -0.3 is 10.8 Å². The van der Waals surface area contributed by atoms with Gasteiger partial charge in [0.05, 0.1) is 16.1 Å². The van der Waals surface area contributed by atoms with E-state index in [2.05, 4.69) is 0 Å². The average molecular weight is 288 g/mol. The topological polar surface area (TPSA) is 46.2 Å². The molecule has 0 spiro atoms. The summed E-state index contributed by atoms with van der Waals surface area (Å²) in [6.45, 7) is 0.653.